The predicted molar refractivity (Wildman–Crippen MR) is 46.8 cm³/mol. The van der Waals surface area contributed by atoms with Crippen LogP contribution in [-0.2, 0) is 0 Å². The smallest absolute Gasteiger partial charge is 0.0290 e. The molecule has 0 rings (SSSR count). The molecule has 0 aliphatic carbocycles. The molecule has 0 atom stereocenters. The topological polar surface area (TPSA) is 12.0 Å². The first-order chi connectivity index (χ1) is 4.54. The molecule has 0 fully saturated rings. The van der Waals surface area contributed by atoms with E-state index in [0.717, 1.165) is 17.8 Å². The molecule has 0 aromatic rings. The summed E-state index contributed by atoms with van der Waals surface area (Å²) >= 11 is 0. The Labute approximate surface area is 63.8 Å². The van der Waals surface area contributed by atoms with Gasteiger partial charge in [0.05, 0.1) is 0 Å². The van der Waals surface area contributed by atoms with Crippen molar-refractivity contribution >= 4 is 0 Å². The molecule has 0 spiro atoms. The Hall–Kier alpha value is -0.720. The molecule has 0 saturated heterocycles. The van der Waals surface area contributed by atoms with Crippen molar-refractivity contribution in [2.75, 3.05) is 6.54 Å². The molecule has 10 heavy (non-hydrogen) atoms. The van der Waals surface area contributed by atoms with Crippen LogP contribution < -0.4 is 5.32 Å². The maximum atomic E-state index is 3.82. The highest BCUT2D eigenvalue weighted by Gasteiger charge is 1.94. The molecule has 1 N–H and O–H groups in total. The fraction of sp³-hybridized carbons (Fsp3) is 0.556. The quantitative estimate of drug-likeness (QED) is 0.589. The van der Waals surface area contributed by atoms with Gasteiger partial charge in [-0.3, -0.25) is 0 Å². The number of allylic oxidation sites excluding steroid dienone is 1. The van der Waals surface area contributed by atoms with Crippen LogP contribution in [0.3, 0.4) is 0 Å². The van der Waals surface area contributed by atoms with Crippen LogP contribution in [0.2, 0.25) is 0 Å². The maximum absolute atomic E-state index is 3.82. The largest absolute Gasteiger partial charge is 0.385 e. The SMILES string of the molecule is C=C(C)C(=C)NCC(C)C. The van der Waals surface area contributed by atoms with E-state index < -0.39 is 0 Å². The van der Waals surface area contributed by atoms with E-state index in [-0.39, 0.29) is 0 Å². The Kier molecular flexibility index (Phi) is 3.85. The van der Waals surface area contributed by atoms with Crippen molar-refractivity contribution in [1.82, 2.24) is 5.32 Å². The molecule has 0 radical (unpaired) electrons. The van der Waals surface area contributed by atoms with Crippen molar-refractivity contribution in [3.63, 3.8) is 0 Å². The van der Waals surface area contributed by atoms with E-state index in [9.17, 15) is 0 Å². The number of rotatable bonds is 4. The number of nitrogens with one attached hydrogen (secondary N) is 1. The van der Waals surface area contributed by atoms with Crippen molar-refractivity contribution in [2.24, 2.45) is 5.92 Å². The monoisotopic (exact) mass is 139 g/mol. The lowest BCUT2D eigenvalue weighted by atomic mass is 10.2. The third kappa shape index (κ3) is 4.19. The highest BCUT2D eigenvalue weighted by Crippen LogP contribution is 1.99. The molecule has 0 bridgehead atoms. The normalized spacial score (nSPS) is 9.60. The minimum Gasteiger partial charge on any atom is -0.385 e. The van der Waals surface area contributed by atoms with Crippen LogP contribution in [0.1, 0.15) is 20.8 Å². The van der Waals surface area contributed by atoms with E-state index in [1.165, 1.54) is 0 Å². The Morgan fingerprint density at radius 2 is 1.90 bits per heavy atom. The van der Waals surface area contributed by atoms with Gasteiger partial charge in [0, 0.05) is 12.2 Å². The summed E-state index contributed by atoms with van der Waals surface area (Å²) in [5, 5.41) is 3.19. The molecule has 0 unspecified atom stereocenters. The van der Waals surface area contributed by atoms with Crippen molar-refractivity contribution in [3.8, 4) is 0 Å². The van der Waals surface area contributed by atoms with Crippen molar-refractivity contribution in [2.45, 2.75) is 20.8 Å². The van der Waals surface area contributed by atoms with Crippen molar-refractivity contribution in [3.05, 3.63) is 24.4 Å². The number of hydrogen-bond donors (Lipinski definition) is 1. The minimum absolute atomic E-state index is 0.663. The average molecular weight is 139 g/mol. The van der Waals surface area contributed by atoms with Crippen LogP contribution in [0.25, 0.3) is 0 Å². The zero-order valence-electron chi connectivity index (χ0n) is 7.20. The molecule has 58 valence electrons. The lowest BCUT2D eigenvalue weighted by Gasteiger charge is -2.10. The molecule has 0 aliphatic heterocycles. The van der Waals surface area contributed by atoms with Gasteiger partial charge in [0.2, 0.25) is 0 Å². The first kappa shape index (κ1) is 9.28. The summed E-state index contributed by atoms with van der Waals surface area (Å²) < 4.78 is 0. The van der Waals surface area contributed by atoms with Gasteiger partial charge in [0.15, 0.2) is 0 Å². The standard InChI is InChI=1S/C9H17N/c1-7(2)6-10-9(5)8(3)4/h7,10H,3,5-6H2,1-2,4H3. The van der Waals surface area contributed by atoms with E-state index in [0.29, 0.717) is 5.92 Å². The van der Waals surface area contributed by atoms with Gasteiger partial charge < -0.3 is 5.32 Å². The summed E-state index contributed by atoms with van der Waals surface area (Å²) in [6.07, 6.45) is 0. The Morgan fingerprint density at radius 1 is 1.40 bits per heavy atom. The second kappa shape index (κ2) is 4.15. The van der Waals surface area contributed by atoms with Crippen molar-refractivity contribution in [1.29, 1.82) is 0 Å². The Bertz CT molecular complexity index is 134. The van der Waals surface area contributed by atoms with Crippen LogP contribution in [0.4, 0.5) is 0 Å². The summed E-state index contributed by atoms with van der Waals surface area (Å²) in [4.78, 5) is 0. The van der Waals surface area contributed by atoms with Crippen molar-refractivity contribution < 1.29 is 0 Å². The van der Waals surface area contributed by atoms with Gasteiger partial charge in [-0.1, -0.05) is 27.0 Å². The van der Waals surface area contributed by atoms with Crippen LogP contribution >= 0.6 is 0 Å². The Balaban J connectivity index is 3.50. The summed E-state index contributed by atoms with van der Waals surface area (Å²) in [6, 6.07) is 0. The molecule has 0 amide bonds. The molecule has 0 saturated carbocycles. The van der Waals surface area contributed by atoms with E-state index in [1.54, 1.807) is 0 Å². The van der Waals surface area contributed by atoms with Gasteiger partial charge in [-0.05, 0) is 18.4 Å². The summed E-state index contributed by atoms with van der Waals surface area (Å²) in [5.74, 6) is 0.663. The predicted octanol–water partition coefficient (Wildman–Crippen LogP) is 2.32. The average Bonchev–Trinajstić information content (AvgIpc) is 1.82. The van der Waals surface area contributed by atoms with Crippen LogP contribution in [0.15, 0.2) is 24.4 Å². The first-order valence-electron chi connectivity index (χ1n) is 3.62. The van der Waals surface area contributed by atoms with Gasteiger partial charge in [-0.2, -0.15) is 0 Å². The third-order valence-electron chi connectivity index (χ3n) is 1.24. The lowest BCUT2D eigenvalue weighted by Crippen LogP contribution is -2.18. The molecular formula is C9H17N. The van der Waals surface area contributed by atoms with Gasteiger partial charge in [-0.15, -0.1) is 0 Å². The van der Waals surface area contributed by atoms with Crippen LogP contribution in [0, 0.1) is 5.92 Å². The minimum atomic E-state index is 0.663. The van der Waals surface area contributed by atoms with Gasteiger partial charge in [0.1, 0.15) is 0 Å². The van der Waals surface area contributed by atoms with Gasteiger partial charge >= 0.3 is 0 Å². The van der Waals surface area contributed by atoms with E-state index >= 15 is 0 Å². The highest BCUT2D eigenvalue weighted by atomic mass is 14.9. The molecule has 1 heteroatoms. The fourth-order valence-electron chi connectivity index (χ4n) is 0.478. The van der Waals surface area contributed by atoms with Gasteiger partial charge in [0.25, 0.3) is 0 Å². The second-order valence-electron chi connectivity index (χ2n) is 3.03. The maximum Gasteiger partial charge on any atom is 0.0290 e. The van der Waals surface area contributed by atoms with Crippen LogP contribution in [0.5, 0.6) is 0 Å². The third-order valence-corrected chi connectivity index (χ3v) is 1.24. The van der Waals surface area contributed by atoms with E-state index in [4.69, 9.17) is 0 Å². The molecule has 0 aromatic heterocycles. The summed E-state index contributed by atoms with van der Waals surface area (Å²) in [5.41, 5.74) is 1.97. The van der Waals surface area contributed by atoms with Gasteiger partial charge in [-0.25, -0.2) is 0 Å². The number of hydrogen-bond acceptors (Lipinski definition) is 1. The summed E-state index contributed by atoms with van der Waals surface area (Å²) in [6.45, 7) is 14.8. The molecule has 1 nitrogen and oxygen atoms in total. The second-order valence-corrected chi connectivity index (χ2v) is 3.03. The lowest BCUT2D eigenvalue weighted by molar-refractivity contribution is 0.600. The highest BCUT2D eigenvalue weighted by molar-refractivity contribution is 5.20. The van der Waals surface area contributed by atoms with E-state index in [2.05, 4.69) is 32.3 Å². The molecule has 0 heterocycles. The Morgan fingerprint density at radius 3 is 2.20 bits per heavy atom. The zero-order chi connectivity index (χ0) is 8.15. The first-order valence-corrected chi connectivity index (χ1v) is 3.62. The fourth-order valence-corrected chi connectivity index (χ4v) is 0.478. The van der Waals surface area contributed by atoms with Crippen LogP contribution in [-0.4, -0.2) is 6.54 Å². The summed E-state index contributed by atoms with van der Waals surface area (Å²) in [7, 11) is 0. The van der Waals surface area contributed by atoms with E-state index in [1.807, 2.05) is 6.92 Å². The zero-order valence-corrected chi connectivity index (χ0v) is 7.20. The molecule has 0 aliphatic rings. The molecule has 0 aromatic carbocycles. The molecular weight excluding hydrogens is 122 g/mol.